The Morgan fingerprint density at radius 1 is 1.28 bits per heavy atom. The second-order valence-electron chi connectivity index (χ2n) is 3.80. The maximum absolute atomic E-state index is 11.4. The highest BCUT2D eigenvalue weighted by atomic mass is 16.5. The van der Waals surface area contributed by atoms with Gasteiger partial charge < -0.3 is 9.15 Å². The third-order valence-corrected chi connectivity index (χ3v) is 2.45. The lowest BCUT2D eigenvalue weighted by atomic mass is 10.1. The molecular formula is C14H15NO3. The van der Waals surface area contributed by atoms with E-state index in [0.29, 0.717) is 12.3 Å². The van der Waals surface area contributed by atoms with Crippen LogP contribution < -0.4 is 5.32 Å². The number of rotatable bonds is 3. The number of nitrogens with one attached hydrogen (secondary N) is 1. The van der Waals surface area contributed by atoms with E-state index >= 15 is 0 Å². The smallest absolute Gasteiger partial charge is 0.411 e. The molecule has 0 aliphatic heterocycles. The van der Waals surface area contributed by atoms with Gasteiger partial charge in [-0.1, -0.05) is 12.1 Å². The molecule has 0 aliphatic rings. The quantitative estimate of drug-likeness (QED) is 0.894. The first-order valence-electron chi connectivity index (χ1n) is 5.80. The zero-order valence-electron chi connectivity index (χ0n) is 10.4. The van der Waals surface area contributed by atoms with E-state index in [1.807, 2.05) is 43.3 Å². The molecule has 0 unspecified atom stereocenters. The molecule has 2 aromatic rings. The molecule has 0 fully saturated rings. The Labute approximate surface area is 106 Å². The van der Waals surface area contributed by atoms with Crippen molar-refractivity contribution in [2.75, 3.05) is 11.9 Å². The molecular weight excluding hydrogens is 230 g/mol. The van der Waals surface area contributed by atoms with Gasteiger partial charge in [0.1, 0.15) is 11.5 Å². The largest absolute Gasteiger partial charge is 0.461 e. The molecule has 18 heavy (non-hydrogen) atoms. The molecule has 1 N–H and O–H groups in total. The van der Waals surface area contributed by atoms with E-state index < -0.39 is 6.09 Å². The molecule has 1 aromatic heterocycles. The van der Waals surface area contributed by atoms with Crippen molar-refractivity contribution in [1.82, 2.24) is 0 Å². The second-order valence-corrected chi connectivity index (χ2v) is 3.80. The van der Waals surface area contributed by atoms with Gasteiger partial charge in [-0.05, 0) is 38.1 Å². The summed E-state index contributed by atoms with van der Waals surface area (Å²) >= 11 is 0. The van der Waals surface area contributed by atoms with Gasteiger partial charge in [-0.15, -0.1) is 0 Å². The van der Waals surface area contributed by atoms with Crippen LogP contribution in [0.2, 0.25) is 0 Å². The zero-order chi connectivity index (χ0) is 13.0. The standard InChI is InChI=1S/C14H15NO3/c1-3-17-14(16)15-12-7-5-4-6-11(12)13-9-8-10(2)18-13/h4-9H,3H2,1-2H3,(H,15,16). The summed E-state index contributed by atoms with van der Waals surface area (Å²) in [7, 11) is 0. The molecule has 0 atom stereocenters. The molecule has 1 heterocycles. The number of hydrogen-bond donors (Lipinski definition) is 1. The highest BCUT2D eigenvalue weighted by Crippen LogP contribution is 2.29. The normalized spacial score (nSPS) is 10.1. The third kappa shape index (κ3) is 2.71. The molecule has 0 bridgehead atoms. The molecule has 94 valence electrons. The summed E-state index contributed by atoms with van der Waals surface area (Å²) in [5.41, 5.74) is 1.50. The minimum atomic E-state index is -0.465. The number of aryl methyl sites for hydroxylation is 1. The van der Waals surface area contributed by atoms with Crippen LogP contribution in [0.25, 0.3) is 11.3 Å². The minimum absolute atomic E-state index is 0.341. The van der Waals surface area contributed by atoms with Crippen molar-refractivity contribution in [2.45, 2.75) is 13.8 Å². The van der Waals surface area contributed by atoms with E-state index in [9.17, 15) is 4.79 Å². The van der Waals surface area contributed by atoms with Crippen molar-refractivity contribution in [3.05, 3.63) is 42.2 Å². The van der Waals surface area contributed by atoms with Crippen molar-refractivity contribution in [2.24, 2.45) is 0 Å². The van der Waals surface area contributed by atoms with Crippen molar-refractivity contribution >= 4 is 11.8 Å². The zero-order valence-corrected chi connectivity index (χ0v) is 10.4. The van der Waals surface area contributed by atoms with Gasteiger partial charge in [0.2, 0.25) is 0 Å². The van der Waals surface area contributed by atoms with Gasteiger partial charge in [-0.25, -0.2) is 4.79 Å². The van der Waals surface area contributed by atoms with Crippen molar-refractivity contribution in [3.8, 4) is 11.3 Å². The van der Waals surface area contributed by atoms with Crippen LogP contribution >= 0.6 is 0 Å². The molecule has 1 aromatic carbocycles. The van der Waals surface area contributed by atoms with Crippen molar-refractivity contribution < 1.29 is 13.9 Å². The number of carbonyl (C=O) groups excluding carboxylic acids is 1. The summed E-state index contributed by atoms with van der Waals surface area (Å²) in [6.07, 6.45) is -0.465. The van der Waals surface area contributed by atoms with Gasteiger partial charge in [-0.3, -0.25) is 5.32 Å². The van der Waals surface area contributed by atoms with Crippen LogP contribution in [0.15, 0.2) is 40.8 Å². The van der Waals surface area contributed by atoms with Gasteiger partial charge >= 0.3 is 6.09 Å². The summed E-state index contributed by atoms with van der Waals surface area (Å²) in [4.78, 5) is 11.4. The Morgan fingerprint density at radius 2 is 2.06 bits per heavy atom. The van der Waals surface area contributed by atoms with E-state index in [1.165, 1.54) is 0 Å². The number of amides is 1. The number of anilines is 1. The van der Waals surface area contributed by atoms with Crippen LogP contribution in [0.1, 0.15) is 12.7 Å². The summed E-state index contributed by atoms with van der Waals surface area (Å²) in [5, 5.41) is 2.70. The minimum Gasteiger partial charge on any atom is -0.461 e. The average Bonchev–Trinajstić information content (AvgIpc) is 2.77. The van der Waals surface area contributed by atoms with E-state index in [4.69, 9.17) is 9.15 Å². The maximum atomic E-state index is 11.4. The molecule has 0 radical (unpaired) electrons. The van der Waals surface area contributed by atoms with E-state index in [0.717, 1.165) is 17.1 Å². The highest BCUT2D eigenvalue weighted by molar-refractivity contribution is 5.90. The Hall–Kier alpha value is -2.23. The SMILES string of the molecule is CCOC(=O)Nc1ccccc1-c1ccc(C)o1. The number of furan rings is 1. The van der Waals surface area contributed by atoms with Gasteiger partial charge in [0.15, 0.2) is 0 Å². The van der Waals surface area contributed by atoms with E-state index in [1.54, 1.807) is 6.92 Å². The number of ether oxygens (including phenoxy) is 1. The van der Waals surface area contributed by atoms with Crippen LogP contribution in [0, 0.1) is 6.92 Å². The lowest BCUT2D eigenvalue weighted by Crippen LogP contribution is -2.13. The second kappa shape index (κ2) is 5.40. The Kier molecular flexibility index (Phi) is 3.67. The predicted octanol–water partition coefficient (Wildman–Crippen LogP) is 3.82. The topological polar surface area (TPSA) is 51.5 Å². The highest BCUT2D eigenvalue weighted by Gasteiger charge is 2.10. The van der Waals surface area contributed by atoms with Gasteiger partial charge in [-0.2, -0.15) is 0 Å². The van der Waals surface area contributed by atoms with Crippen LogP contribution in [-0.2, 0) is 4.74 Å². The number of benzene rings is 1. The lowest BCUT2D eigenvalue weighted by molar-refractivity contribution is 0.168. The summed E-state index contributed by atoms with van der Waals surface area (Å²) in [6.45, 7) is 3.99. The first-order valence-corrected chi connectivity index (χ1v) is 5.80. The van der Waals surface area contributed by atoms with Crippen LogP contribution in [0.4, 0.5) is 10.5 Å². The first kappa shape index (κ1) is 12.2. The number of para-hydroxylation sites is 1. The van der Waals surface area contributed by atoms with E-state index in [2.05, 4.69) is 5.32 Å². The molecule has 4 nitrogen and oxygen atoms in total. The van der Waals surface area contributed by atoms with Gasteiger partial charge in [0.25, 0.3) is 0 Å². The van der Waals surface area contributed by atoms with Gasteiger partial charge in [0.05, 0.1) is 12.3 Å². The third-order valence-electron chi connectivity index (χ3n) is 2.45. The summed E-state index contributed by atoms with van der Waals surface area (Å²) in [5.74, 6) is 1.55. The fourth-order valence-electron chi connectivity index (χ4n) is 1.66. The molecule has 0 saturated heterocycles. The van der Waals surface area contributed by atoms with E-state index in [-0.39, 0.29) is 0 Å². The average molecular weight is 245 g/mol. The molecule has 0 spiro atoms. The molecule has 0 aliphatic carbocycles. The molecule has 0 saturated carbocycles. The van der Waals surface area contributed by atoms with Gasteiger partial charge in [0, 0.05) is 5.56 Å². The molecule has 4 heteroatoms. The fraction of sp³-hybridized carbons (Fsp3) is 0.214. The first-order chi connectivity index (χ1) is 8.70. The van der Waals surface area contributed by atoms with Crippen molar-refractivity contribution in [3.63, 3.8) is 0 Å². The summed E-state index contributed by atoms with van der Waals surface area (Å²) in [6, 6.07) is 11.2. The summed E-state index contributed by atoms with van der Waals surface area (Å²) < 4.78 is 10.4. The number of hydrogen-bond acceptors (Lipinski definition) is 3. The van der Waals surface area contributed by atoms with Crippen LogP contribution in [-0.4, -0.2) is 12.7 Å². The monoisotopic (exact) mass is 245 g/mol. The van der Waals surface area contributed by atoms with Crippen LogP contribution in [0.5, 0.6) is 0 Å². The van der Waals surface area contributed by atoms with Crippen molar-refractivity contribution in [1.29, 1.82) is 0 Å². The maximum Gasteiger partial charge on any atom is 0.411 e. The Balaban J connectivity index is 2.28. The fourth-order valence-corrected chi connectivity index (χ4v) is 1.66. The lowest BCUT2D eigenvalue weighted by Gasteiger charge is -2.09. The molecule has 1 amide bonds. The number of carbonyl (C=O) groups is 1. The van der Waals surface area contributed by atoms with Crippen LogP contribution in [0.3, 0.4) is 0 Å². The predicted molar refractivity (Wildman–Crippen MR) is 69.5 cm³/mol. The Bertz CT molecular complexity index is 545. The molecule has 2 rings (SSSR count). The Morgan fingerprint density at radius 3 is 2.72 bits per heavy atom.